The minimum Gasteiger partial charge on any atom is -0.461 e. The maximum absolute atomic E-state index is 12.9. The summed E-state index contributed by atoms with van der Waals surface area (Å²) in [5, 5.41) is 0. The summed E-state index contributed by atoms with van der Waals surface area (Å²) < 4.78 is 5.96. The number of ketones is 2. The molecule has 36 heavy (non-hydrogen) atoms. The Morgan fingerprint density at radius 3 is 2.25 bits per heavy atom. The predicted molar refractivity (Wildman–Crippen MR) is 145 cm³/mol. The predicted octanol–water partition coefficient (Wildman–Crippen LogP) is 7.96. The van der Waals surface area contributed by atoms with Crippen molar-refractivity contribution in [1.82, 2.24) is 0 Å². The monoisotopic (exact) mass is 502 g/mol. The molecule has 0 saturated heterocycles. The van der Waals surface area contributed by atoms with Gasteiger partial charge in [0.25, 0.3) is 6.47 Å². The molecule has 4 nitrogen and oxygen atoms in total. The molecule has 4 heteroatoms. The van der Waals surface area contributed by atoms with Gasteiger partial charge in [-0.05, 0) is 97.7 Å². The quantitative estimate of drug-likeness (QED) is 0.316. The average molecular weight is 503 g/mol. The molecule has 206 valence electrons. The summed E-state index contributed by atoms with van der Waals surface area (Å²) >= 11 is 0. The summed E-state index contributed by atoms with van der Waals surface area (Å²) in [5.41, 5.74) is -0.576. The molecule has 0 spiro atoms. The number of ether oxygens (including phenoxy) is 1. The van der Waals surface area contributed by atoms with Crippen LogP contribution in [0.3, 0.4) is 0 Å². The summed E-state index contributed by atoms with van der Waals surface area (Å²) in [6.07, 6.45) is 9.01. The fraction of sp³-hybridized carbons (Fsp3) is 0.906. The first-order valence-electron chi connectivity index (χ1n) is 14.5. The number of hydrogen-bond donors (Lipinski definition) is 0. The number of carbonyl (C=O) groups is 3. The van der Waals surface area contributed by atoms with E-state index in [0.29, 0.717) is 36.9 Å². The SMILES string of the molecule is CC(=O)C[C@@H]1[C@@]2(C)CCC(=O)C(C)(C)[C@@H]2CC[C@@]1(C)C(C)(C)CC[C@@]1(OC=O)CCC(C)(C)CC1C. The molecule has 0 heterocycles. The second kappa shape index (κ2) is 9.53. The minimum absolute atomic E-state index is 0.0352. The van der Waals surface area contributed by atoms with Crippen LogP contribution < -0.4 is 0 Å². The molecule has 3 fully saturated rings. The average Bonchev–Trinajstić information content (AvgIpc) is 2.74. The second-order valence-corrected chi connectivity index (χ2v) is 15.6. The van der Waals surface area contributed by atoms with Crippen molar-refractivity contribution in [1.29, 1.82) is 0 Å². The van der Waals surface area contributed by atoms with E-state index in [1.807, 2.05) is 0 Å². The molecule has 3 rings (SSSR count). The Labute approximate surface area is 221 Å². The number of rotatable bonds is 8. The Morgan fingerprint density at radius 1 is 1.06 bits per heavy atom. The number of fused-ring (bicyclic) bond motifs is 1. The first-order chi connectivity index (χ1) is 16.4. The lowest BCUT2D eigenvalue weighted by Crippen LogP contribution is -2.61. The molecule has 3 aliphatic rings. The molecule has 3 aliphatic carbocycles. The Bertz CT molecular complexity index is 869. The molecular formula is C32H54O4. The zero-order chi connectivity index (χ0) is 27.4. The molecule has 1 unspecified atom stereocenters. The van der Waals surface area contributed by atoms with Crippen LogP contribution in [-0.2, 0) is 19.1 Å². The van der Waals surface area contributed by atoms with Crippen LogP contribution in [0.5, 0.6) is 0 Å². The molecule has 0 aliphatic heterocycles. The van der Waals surface area contributed by atoms with Gasteiger partial charge < -0.3 is 9.53 Å². The van der Waals surface area contributed by atoms with Crippen molar-refractivity contribution in [3.05, 3.63) is 0 Å². The summed E-state index contributed by atoms with van der Waals surface area (Å²) in [4.78, 5) is 37.3. The van der Waals surface area contributed by atoms with Gasteiger partial charge in [-0.1, -0.05) is 62.3 Å². The Kier molecular flexibility index (Phi) is 7.77. The third kappa shape index (κ3) is 4.84. The van der Waals surface area contributed by atoms with Crippen molar-refractivity contribution in [3.63, 3.8) is 0 Å². The zero-order valence-corrected chi connectivity index (χ0v) is 25.0. The van der Waals surface area contributed by atoms with Gasteiger partial charge in [0.05, 0.1) is 0 Å². The number of hydrogen-bond acceptors (Lipinski definition) is 4. The Hall–Kier alpha value is -1.19. The lowest BCUT2D eigenvalue weighted by atomic mass is 9.38. The van der Waals surface area contributed by atoms with Gasteiger partial charge in [0, 0.05) is 18.3 Å². The third-order valence-corrected chi connectivity index (χ3v) is 12.3. The van der Waals surface area contributed by atoms with Crippen LogP contribution in [0.15, 0.2) is 0 Å². The fourth-order valence-electron chi connectivity index (χ4n) is 9.33. The van der Waals surface area contributed by atoms with Gasteiger partial charge in [-0.3, -0.25) is 9.59 Å². The lowest BCUT2D eigenvalue weighted by Gasteiger charge is -2.65. The van der Waals surface area contributed by atoms with Gasteiger partial charge in [-0.25, -0.2) is 0 Å². The van der Waals surface area contributed by atoms with Gasteiger partial charge >= 0.3 is 0 Å². The van der Waals surface area contributed by atoms with Crippen molar-refractivity contribution in [2.24, 2.45) is 44.8 Å². The van der Waals surface area contributed by atoms with E-state index in [4.69, 9.17) is 4.74 Å². The van der Waals surface area contributed by atoms with Crippen LogP contribution in [0, 0.1) is 44.8 Å². The number of Topliss-reactive ketones (excluding diaryl/α,β-unsaturated/α-hetero) is 2. The summed E-state index contributed by atoms with van der Waals surface area (Å²) in [5.74, 6) is 1.50. The van der Waals surface area contributed by atoms with Gasteiger partial charge in [-0.2, -0.15) is 0 Å². The van der Waals surface area contributed by atoms with E-state index in [1.165, 1.54) is 0 Å². The zero-order valence-electron chi connectivity index (χ0n) is 25.0. The van der Waals surface area contributed by atoms with E-state index in [2.05, 4.69) is 62.3 Å². The molecule has 6 atom stereocenters. The van der Waals surface area contributed by atoms with E-state index in [-0.39, 0.29) is 38.8 Å². The molecule has 0 N–H and O–H groups in total. The van der Waals surface area contributed by atoms with Crippen molar-refractivity contribution in [2.75, 3.05) is 0 Å². The van der Waals surface area contributed by atoms with Crippen LogP contribution >= 0.6 is 0 Å². The van der Waals surface area contributed by atoms with Crippen molar-refractivity contribution in [3.8, 4) is 0 Å². The third-order valence-electron chi connectivity index (χ3n) is 12.3. The van der Waals surface area contributed by atoms with Gasteiger partial charge in [-0.15, -0.1) is 0 Å². The summed E-state index contributed by atoms with van der Waals surface area (Å²) in [6, 6.07) is 0. The Morgan fingerprint density at radius 2 is 1.69 bits per heavy atom. The summed E-state index contributed by atoms with van der Waals surface area (Å²) in [7, 11) is 0. The summed E-state index contributed by atoms with van der Waals surface area (Å²) in [6.45, 7) is 23.2. The van der Waals surface area contributed by atoms with Crippen LogP contribution in [0.4, 0.5) is 0 Å². The van der Waals surface area contributed by atoms with Gasteiger partial charge in [0.15, 0.2) is 0 Å². The van der Waals surface area contributed by atoms with Crippen molar-refractivity contribution < 1.29 is 19.1 Å². The molecule has 0 aromatic carbocycles. The normalized spacial score (nSPS) is 40.3. The van der Waals surface area contributed by atoms with E-state index in [0.717, 1.165) is 51.4 Å². The van der Waals surface area contributed by atoms with E-state index >= 15 is 0 Å². The standard InChI is InChI=1S/C32H54O4/c1-22-20-27(3,4)15-17-32(22,36-21-33)18-16-28(5,6)31(10)14-11-24-29(7,8)26(35)12-13-30(24,9)25(31)19-23(2)34/h21-22,24-25H,11-20H2,1-10H3/t22?,24-,25+,30-,31+,32-/m0/s1. The second-order valence-electron chi connectivity index (χ2n) is 15.6. The van der Waals surface area contributed by atoms with Crippen LogP contribution in [0.1, 0.15) is 133 Å². The largest absolute Gasteiger partial charge is 0.461 e. The van der Waals surface area contributed by atoms with Crippen molar-refractivity contribution >= 4 is 18.0 Å². The fourth-order valence-corrected chi connectivity index (χ4v) is 9.33. The lowest BCUT2D eigenvalue weighted by molar-refractivity contribution is -0.184. The molecule has 0 aromatic heterocycles. The highest BCUT2D eigenvalue weighted by Gasteiger charge is 2.63. The van der Waals surface area contributed by atoms with Crippen LogP contribution in [-0.4, -0.2) is 23.6 Å². The molecular weight excluding hydrogens is 448 g/mol. The molecule has 0 radical (unpaired) electrons. The van der Waals surface area contributed by atoms with Crippen LogP contribution in [0.25, 0.3) is 0 Å². The van der Waals surface area contributed by atoms with Gasteiger partial charge in [0.1, 0.15) is 17.2 Å². The Balaban J connectivity index is 1.94. The minimum atomic E-state index is -0.401. The van der Waals surface area contributed by atoms with E-state index < -0.39 is 5.60 Å². The maximum Gasteiger partial charge on any atom is 0.293 e. The van der Waals surface area contributed by atoms with Crippen molar-refractivity contribution in [2.45, 2.75) is 139 Å². The number of carbonyl (C=O) groups excluding carboxylic acids is 3. The highest BCUT2D eigenvalue weighted by atomic mass is 16.5. The van der Waals surface area contributed by atoms with E-state index in [9.17, 15) is 14.4 Å². The molecule has 0 bridgehead atoms. The topological polar surface area (TPSA) is 60.4 Å². The first-order valence-corrected chi connectivity index (χ1v) is 14.5. The van der Waals surface area contributed by atoms with E-state index in [1.54, 1.807) is 6.92 Å². The highest BCUT2D eigenvalue weighted by Crippen LogP contribution is 2.69. The first kappa shape index (κ1) is 29.4. The molecule has 0 amide bonds. The smallest absolute Gasteiger partial charge is 0.293 e. The highest BCUT2D eigenvalue weighted by molar-refractivity contribution is 5.85. The van der Waals surface area contributed by atoms with Gasteiger partial charge in [0.2, 0.25) is 0 Å². The maximum atomic E-state index is 12.9. The molecule has 3 saturated carbocycles. The van der Waals surface area contributed by atoms with Crippen LogP contribution in [0.2, 0.25) is 0 Å². The molecule has 0 aromatic rings.